The Bertz CT molecular complexity index is 1180. The molecular formula is C27H29N3OS. The fraction of sp³-hybridized carbons (Fsp3) is 0.296. The third-order valence-electron chi connectivity index (χ3n) is 5.81. The van der Waals surface area contributed by atoms with Crippen molar-refractivity contribution in [3.63, 3.8) is 0 Å². The average Bonchev–Trinajstić information content (AvgIpc) is 3.08. The van der Waals surface area contributed by atoms with Gasteiger partial charge in [-0.1, -0.05) is 97.8 Å². The smallest absolute Gasteiger partial charge is 0.242 e. The minimum absolute atomic E-state index is 0.0833. The minimum atomic E-state index is -0.0833. The summed E-state index contributed by atoms with van der Waals surface area (Å²) in [5.41, 5.74) is 4.55. The summed E-state index contributed by atoms with van der Waals surface area (Å²) in [6.45, 7) is 6.81. The molecule has 0 bridgehead atoms. The van der Waals surface area contributed by atoms with Gasteiger partial charge in [0.15, 0.2) is 5.17 Å². The summed E-state index contributed by atoms with van der Waals surface area (Å²) in [6, 6.07) is 20.8. The average molecular weight is 444 g/mol. The van der Waals surface area contributed by atoms with Crippen LogP contribution < -0.4 is 0 Å². The second kappa shape index (κ2) is 10.1. The van der Waals surface area contributed by atoms with Crippen molar-refractivity contribution in [1.29, 1.82) is 0 Å². The van der Waals surface area contributed by atoms with Crippen LogP contribution >= 0.6 is 11.8 Å². The molecule has 1 unspecified atom stereocenters. The molecule has 4 rings (SSSR count). The van der Waals surface area contributed by atoms with Gasteiger partial charge in [-0.25, -0.2) is 0 Å². The summed E-state index contributed by atoms with van der Waals surface area (Å²) in [4.78, 5) is 15.1. The Morgan fingerprint density at radius 3 is 2.69 bits per heavy atom. The number of aryl methyl sites for hydroxylation is 2. The van der Waals surface area contributed by atoms with Crippen molar-refractivity contribution in [2.75, 3.05) is 0 Å². The number of hydrogen-bond donors (Lipinski definition) is 0. The van der Waals surface area contributed by atoms with E-state index in [9.17, 15) is 4.79 Å². The zero-order valence-corrected chi connectivity index (χ0v) is 19.7. The number of unbranched alkanes of at least 4 members (excludes halogenated alkanes) is 1. The van der Waals surface area contributed by atoms with Gasteiger partial charge in [-0.15, -0.1) is 5.10 Å². The number of amidine groups is 1. The first-order chi connectivity index (χ1) is 15.6. The molecule has 3 aromatic rings. The quantitative estimate of drug-likeness (QED) is 0.310. The Balaban J connectivity index is 1.62. The first kappa shape index (κ1) is 22.3. The summed E-state index contributed by atoms with van der Waals surface area (Å²) in [6.07, 6.45) is 4.75. The SMILES string of the molecule is CCCCC1SC(=NN=Cc2ccc(C)cc2C)N(Cc2cccc3ccccc23)C1=O. The van der Waals surface area contributed by atoms with E-state index in [4.69, 9.17) is 0 Å². The zero-order chi connectivity index (χ0) is 22.5. The van der Waals surface area contributed by atoms with E-state index in [1.807, 2.05) is 17.0 Å². The number of carbonyl (C=O) groups excluding carboxylic acids is 1. The molecule has 164 valence electrons. The number of carbonyl (C=O) groups is 1. The Morgan fingerprint density at radius 2 is 1.88 bits per heavy atom. The van der Waals surface area contributed by atoms with Crippen molar-refractivity contribution in [2.45, 2.75) is 51.8 Å². The molecule has 1 fully saturated rings. The fourth-order valence-electron chi connectivity index (χ4n) is 4.02. The number of rotatable bonds is 7. The molecule has 0 spiro atoms. The van der Waals surface area contributed by atoms with Crippen LogP contribution in [0.4, 0.5) is 0 Å². The summed E-state index contributed by atoms with van der Waals surface area (Å²) >= 11 is 1.55. The van der Waals surface area contributed by atoms with Gasteiger partial charge < -0.3 is 0 Å². The van der Waals surface area contributed by atoms with E-state index in [-0.39, 0.29) is 11.2 Å². The molecule has 1 atom stereocenters. The summed E-state index contributed by atoms with van der Waals surface area (Å²) in [5, 5.41) is 11.8. The predicted octanol–water partition coefficient (Wildman–Crippen LogP) is 6.48. The van der Waals surface area contributed by atoms with E-state index in [0.717, 1.165) is 36.0 Å². The second-order valence-corrected chi connectivity index (χ2v) is 9.47. The van der Waals surface area contributed by atoms with Crippen molar-refractivity contribution < 1.29 is 4.79 Å². The lowest BCUT2D eigenvalue weighted by atomic mass is 10.0. The van der Waals surface area contributed by atoms with Crippen LogP contribution in [0.2, 0.25) is 0 Å². The van der Waals surface area contributed by atoms with Crippen LogP contribution in [-0.2, 0) is 11.3 Å². The maximum Gasteiger partial charge on any atom is 0.242 e. The number of amides is 1. The van der Waals surface area contributed by atoms with Gasteiger partial charge in [0.05, 0.1) is 18.0 Å². The predicted molar refractivity (Wildman–Crippen MR) is 136 cm³/mol. The molecule has 1 amide bonds. The maximum atomic E-state index is 13.3. The van der Waals surface area contributed by atoms with Crippen LogP contribution in [0, 0.1) is 13.8 Å². The van der Waals surface area contributed by atoms with Gasteiger partial charge in [-0.05, 0) is 47.7 Å². The van der Waals surface area contributed by atoms with Gasteiger partial charge in [-0.2, -0.15) is 5.10 Å². The summed E-state index contributed by atoms with van der Waals surface area (Å²) in [7, 11) is 0. The molecule has 0 saturated carbocycles. The van der Waals surface area contributed by atoms with E-state index in [0.29, 0.717) is 11.7 Å². The largest absolute Gasteiger partial charge is 0.284 e. The first-order valence-corrected chi connectivity index (χ1v) is 12.1. The molecule has 0 aliphatic carbocycles. The van der Waals surface area contributed by atoms with E-state index in [1.54, 1.807) is 18.0 Å². The molecule has 1 aliphatic heterocycles. The van der Waals surface area contributed by atoms with Crippen LogP contribution in [-0.4, -0.2) is 27.4 Å². The third kappa shape index (κ3) is 4.94. The maximum absolute atomic E-state index is 13.3. The summed E-state index contributed by atoms with van der Waals surface area (Å²) in [5.74, 6) is 0.136. The molecule has 4 nitrogen and oxygen atoms in total. The van der Waals surface area contributed by atoms with Gasteiger partial charge in [0, 0.05) is 0 Å². The van der Waals surface area contributed by atoms with Crippen molar-refractivity contribution in [2.24, 2.45) is 10.2 Å². The second-order valence-electron chi connectivity index (χ2n) is 8.30. The van der Waals surface area contributed by atoms with Crippen LogP contribution in [0.25, 0.3) is 10.8 Å². The normalized spacial score (nSPS) is 17.8. The van der Waals surface area contributed by atoms with Gasteiger partial charge >= 0.3 is 0 Å². The topological polar surface area (TPSA) is 45.0 Å². The molecule has 1 heterocycles. The Labute approximate surface area is 194 Å². The number of fused-ring (bicyclic) bond motifs is 1. The lowest BCUT2D eigenvalue weighted by Crippen LogP contribution is -2.31. The Kier molecular flexibility index (Phi) is 7.05. The van der Waals surface area contributed by atoms with Crippen LogP contribution in [0.15, 0.2) is 70.9 Å². The van der Waals surface area contributed by atoms with Crippen LogP contribution in [0.5, 0.6) is 0 Å². The molecule has 0 N–H and O–H groups in total. The minimum Gasteiger partial charge on any atom is -0.284 e. The number of benzene rings is 3. The van der Waals surface area contributed by atoms with E-state index >= 15 is 0 Å². The standard InChI is InChI=1S/C27H29N3OS/c1-4-5-13-25-26(31)30(18-23-11-8-10-21-9-6-7-12-24(21)23)27(32-25)29-28-17-22-15-14-19(2)16-20(22)3/h6-12,14-17,25H,4-5,13,18H2,1-3H3. The van der Waals surface area contributed by atoms with Gasteiger partial charge in [0.25, 0.3) is 0 Å². The highest BCUT2D eigenvalue weighted by molar-refractivity contribution is 8.15. The monoisotopic (exact) mass is 443 g/mol. The van der Waals surface area contributed by atoms with Crippen LogP contribution in [0.1, 0.15) is 48.4 Å². The fourth-order valence-corrected chi connectivity index (χ4v) is 5.16. The van der Waals surface area contributed by atoms with E-state index < -0.39 is 0 Å². The zero-order valence-electron chi connectivity index (χ0n) is 18.9. The van der Waals surface area contributed by atoms with E-state index in [2.05, 4.69) is 79.5 Å². The molecule has 1 aliphatic rings. The third-order valence-corrected chi connectivity index (χ3v) is 7.05. The molecule has 0 aromatic heterocycles. The van der Waals surface area contributed by atoms with Gasteiger partial charge in [0.1, 0.15) is 0 Å². The van der Waals surface area contributed by atoms with E-state index in [1.165, 1.54) is 16.3 Å². The van der Waals surface area contributed by atoms with Crippen LogP contribution in [0.3, 0.4) is 0 Å². The molecular weight excluding hydrogens is 414 g/mol. The Hall–Kier alpha value is -2.92. The number of nitrogens with zero attached hydrogens (tertiary/aromatic N) is 3. The molecule has 32 heavy (non-hydrogen) atoms. The van der Waals surface area contributed by atoms with Gasteiger partial charge in [0.2, 0.25) is 5.91 Å². The highest BCUT2D eigenvalue weighted by atomic mass is 32.2. The van der Waals surface area contributed by atoms with Crippen molar-refractivity contribution in [1.82, 2.24) is 4.90 Å². The molecule has 5 heteroatoms. The lowest BCUT2D eigenvalue weighted by molar-refractivity contribution is -0.126. The lowest BCUT2D eigenvalue weighted by Gasteiger charge is -2.17. The highest BCUT2D eigenvalue weighted by Crippen LogP contribution is 2.33. The van der Waals surface area contributed by atoms with Crippen molar-refractivity contribution in [3.05, 3.63) is 82.9 Å². The molecule has 3 aromatic carbocycles. The number of hydrogen-bond acceptors (Lipinski definition) is 4. The van der Waals surface area contributed by atoms with Crippen molar-refractivity contribution in [3.8, 4) is 0 Å². The Morgan fingerprint density at radius 1 is 1.06 bits per heavy atom. The number of thioether (sulfide) groups is 1. The first-order valence-electron chi connectivity index (χ1n) is 11.2. The summed E-state index contributed by atoms with van der Waals surface area (Å²) < 4.78 is 0. The molecule has 0 radical (unpaired) electrons. The highest BCUT2D eigenvalue weighted by Gasteiger charge is 2.37. The van der Waals surface area contributed by atoms with Gasteiger partial charge in [-0.3, -0.25) is 9.69 Å². The van der Waals surface area contributed by atoms with Crippen molar-refractivity contribution >= 4 is 39.8 Å². The molecule has 1 saturated heterocycles.